The maximum Gasteiger partial charge on any atom is 0.241 e. The van der Waals surface area contributed by atoms with E-state index >= 15 is 0 Å². The Balaban J connectivity index is 1.65. The molecule has 2 aromatic rings. The fourth-order valence-electron chi connectivity index (χ4n) is 3.34. The van der Waals surface area contributed by atoms with E-state index in [0.29, 0.717) is 32.0 Å². The van der Waals surface area contributed by atoms with Crippen LogP contribution in [0.3, 0.4) is 0 Å². The van der Waals surface area contributed by atoms with Crippen LogP contribution in [0.4, 0.5) is 5.69 Å². The highest BCUT2D eigenvalue weighted by atomic mass is 16.5. The second kappa shape index (κ2) is 9.19. The number of aromatic nitrogens is 2. The van der Waals surface area contributed by atoms with E-state index < -0.39 is 6.04 Å². The van der Waals surface area contributed by atoms with E-state index in [-0.39, 0.29) is 18.4 Å². The first-order valence-corrected chi connectivity index (χ1v) is 9.86. The average Bonchev–Trinajstić information content (AvgIpc) is 3.02. The van der Waals surface area contributed by atoms with Crippen molar-refractivity contribution in [3.8, 4) is 5.69 Å². The van der Waals surface area contributed by atoms with Crippen LogP contribution in [-0.2, 0) is 14.3 Å². The molecule has 2 heterocycles. The lowest BCUT2D eigenvalue weighted by Gasteiger charge is -2.30. The van der Waals surface area contributed by atoms with E-state index in [1.807, 2.05) is 48.9 Å². The van der Waals surface area contributed by atoms with E-state index in [2.05, 4.69) is 10.4 Å². The summed E-state index contributed by atoms with van der Waals surface area (Å²) in [6.45, 7) is 8.13. The maximum absolute atomic E-state index is 12.8. The third-order valence-corrected chi connectivity index (χ3v) is 5.33. The van der Waals surface area contributed by atoms with Gasteiger partial charge in [0.25, 0.3) is 0 Å². The van der Waals surface area contributed by atoms with Crippen LogP contribution in [0.1, 0.15) is 18.3 Å². The van der Waals surface area contributed by atoms with Gasteiger partial charge in [-0.3, -0.25) is 14.5 Å². The summed E-state index contributed by atoms with van der Waals surface area (Å²) in [5.41, 5.74) is 3.26. The summed E-state index contributed by atoms with van der Waals surface area (Å²) in [7, 11) is 1.79. The molecule has 1 unspecified atom stereocenters. The predicted octanol–water partition coefficient (Wildman–Crippen LogP) is 1.61. The number of benzene rings is 1. The Hall–Kier alpha value is -2.71. The Bertz CT molecular complexity index is 859. The number of carbonyl (C=O) groups is 2. The fraction of sp³-hybridized carbons (Fsp3) is 0.476. The molecular weight excluding hydrogens is 370 g/mol. The van der Waals surface area contributed by atoms with Gasteiger partial charge in [0.1, 0.15) is 0 Å². The van der Waals surface area contributed by atoms with Crippen LogP contribution in [0, 0.1) is 13.8 Å². The Labute approximate surface area is 171 Å². The van der Waals surface area contributed by atoms with E-state index in [9.17, 15) is 9.59 Å². The zero-order valence-corrected chi connectivity index (χ0v) is 17.5. The first-order valence-electron chi connectivity index (χ1n) is 9.86. The van der Waals surface area contributed by atoms with Crippen molar-refractivity contribution in [2.45, 2.75) is 26.8 Å². The standard InChI is InChI=1S/C21H29N5O3/c1-15-20(16(2)26(23-15)18-8-6-5-7-9-18)22-21(28)17(3)24(4)14-19(27)25-10-12-29-13-11-25/h5-9,17H,10-14H2,1-4H3,(H,22,28). The summed E-state index contributed by atoms with van der Waals surface area (Å²) in [6, 6.07) is 9.34. The third-order valence-electron chi connectivity index (χ3n) is 5.33. The minimum Gasteiger partial charge on any atom is -0.378 e. The third kappa shape index (κ3) is 4.83. The number of carbonyl (C=O) groups excluding carboxylic acids is 2. The second-order valence-corrected chi connectivity index (χ2v) is 7.37. The van der Waals surface area contributed by atoms with Crippen LogP contribution < -0.4 is 5.32 Å². The summed E-state index contributed by atoms with van der Waals surface area (Å²) in [5.74, 6) is -0.152. The van der Waals surface area contributed by atoms with Crippen LogP contribution in [0.5, 0.6) is 0 Å². The topological polar surface area (TPSA) is 79.7 Å². The number of anilines is 1. The van der Waals surface area contributed by atoms with Crippen molar-refractivity contribution in [3.63, 3.8) is 0 Å². The number of morpholine rings is 1. The summed E-state index contributed by atoms with van der Waals surface area (Å²) < 4.78 is 7.10. The quantitative estimate of drug-likeness (QED) is 0.798. The van der Waals surface area contributed by atoms with Gasteiger partial charge in [-0.1, -0.05) is 18.2 Å². The van der Waals surface area contributed by atoms with E-state index in [1.165, 1.54) is 0 Å². The van der Waals surface area contributed by atoms with E-state index in [0.717, 1.165) is 17.1 Å². The number of ether oxygens (including phenoxy) is 1. The number of nitrogens with zero attached hydrogens (tertiary/aromatic N) is 4. The van der Waals surface area contributed by atoms with Crippen molar-refractivity contribution in [1.29, 1.82) is 0 Å². The van der Waals surface area contributed by atoms with Gasteiger partial charge in [-0.25, -0.2) is 4.68 Å². The predicted molar refractivity (Wildman–Crippen MR) is 111 cm³/mol. The van der Waals surface area contributed by atoms with Crippen LogP contribution in [0.25, 0.3) is 5.69 Å². The summed E-state index contributed by atoms with van der Waals surface area (Å²) >= 11 is 0. The molecule has 0 saturated carbocycles. The van der Waals surface area contributed by atoms with Crippen molar-refractivity contribution < 1.29 is 14.3 Å². The lowest BCUT2D eigenvalue weighted by atomic mass is 10.2. The number of nitrogens with one attached hydrogen (secondary N) is 1. The normalized spacial score (nSPS) is 15.4. The van der Waals surface area contributed by atoms with Gasteiger partial charge in [-0.15, -0.1) is 0 Å². The molecule has 1 aliphatic heterocycles. The van der Waals surface area contributed by atoms with Crippen molar-refractivity contribution in [3.05, 3.63) is 41.7 Å². The number of hydrogen-bond donors (Lipinski definition) is 1. The SMILES string of the molecule is Cc1nn(-c2ccccc2)c(C)c1NC(=O)C(C)N(C)CC(=O)N1CCOCC1. The Morgan fingerprint density at radius 2 is 1.86 bits per heavy atom. The molecule has 8 nitrogen and oxygen atoms in total. The first kappa shape index (κ1) is 21.0. The van der Waals surface area contributed by atoms with Gasteiger partial charge >= 0.3 is 0 Å². The number of rotatable bonds is 6. The molecule has 29 heavy (non-hydrogen) atoms. The molecule has 0 bridgehead atoms. The molecule has 156 valence electrons. The molecule has 1 saturated heterocycles. The number of amides is 2. The molecule has 0 aliphatic carbocycles. The van der Waals surface area contributed by atoms with Crippen molar-refractivity contribution in [1.82, 2.24) is 19.6 Å². The summed E-state index contributed by atoms with van der Waals surface area (Å²) in [4.78, 5) is 28.8. The molecule has 0 spiro atoms. The van der Waals surface area contributed by atoms with E-state index in [4.69, 9.17) is 4.74 Å². The lowest BCUT2D eigenvalue weighted by Crippen LogP contribution is -2.48. The Morgan fingerprint density at radius 1 is 1.21 bits per heavy atom. The summed E-state index contributed by atoms with van der Waals surface area (Å²) in [6.07, 6.45) is 0. The second-order valence-electron chi connectivity index (χ2n) is 7.37. The lowest BCUT2D eigenvalue weighted by molar-refractivity contribution is -0.137. The largest absolute Gasteiger partial charge is 0.378 e. The molecule has 1 fully saturated rings. The Morgan fingerprint density at radius 3 is 2.52 bits per heavy atom. The van der Waals surface area contributed by atoms with Crippen LogP contribution in [-0.4, -0.2) is 77.3 Å². The minimum absolute atomic E-state index is 0.0136. The monoisotopic (exact) mass is 399 g/mol. The average molecular weight is 399 g/mol. The van der Waals surface area contributed by atoms with Crippen LogP contribution in [0.15, 0.2) is 30.3 Å². The van der Waals surface area contributed by atoms with Crippen LogP contribution >= 0.6 is 0 Å². The molecular formula is C21H29N5O3. The summed E-state index contributed by atoms with van der Waals surface area (Å²) in [5, 5.41) is 7.56. The van der Waals surface area contributed by atoms with Gasteiger partial charge in [0.15, 0.2) is 0 Å². The van der Waals surface area contributed by atoms with Crippen molar-refractivity contribution in [2.24, 2.45) is 0 Å². The van der Waals surface area contributed by atoms with Gasteiger partial charge in [0.2, 0.25) is 11.8 Å². The van der Waals surface area contributed by atoms with Gasteiger partial charge < -0.3 is 15.0 Å². The van der Waals surface area contributed by atoms with Crippen molar-refractivity contribution in [2.75, 3.05) is 45.2 Å². The number of para-hydroxylation sites is 1. The van der Waals surface area contributed by atoms with Gasteiger partial charge in [0.05, 0.1) is 48.6 Å². The number of aryl methyl sites for hydroxylation is 1. The van der Waals surface area contributed by atoms with Gasteiger partial charge in [-0.05, 0) is 40.0 Å². The van der Waals surface area contributed by atoms with Crippen molar-refractivity contribution >= 4 is 17.5 Å². The number of likely N-dealkylation sites (N-methyl/N-ethyl adjacent to an activating group) is 1. The molecule has 8 heteroatoms. The fourth-order valence-corrected chi connectivity index (χ4v) is 3.34. The molecule has 1 aliphatic rings. The first-order chi connectivity index (χ1) is 13.9. The highest BCUT2D eigenvalue weighted by Crippen LogP contribution is 2.23. The molecule has 1 N–H and O–H groups in total. The zero-order chi connectivity index (χ0) is 21.0. The molecule has 1 atom stereocenters. The molecule has 2 amide bonds. The molecule has 1 aromatic heterocycles. The maximum atomic E-state index is 12.8. The van der Waals surface area contributed by atoms with E-state index in [1.54, 1.807) is 23.8 Å². The number of hydrogen-bond acceptors (Lipinski definition) is 5. The molecule has 0 radical (unpaired) electrons. The molecule has 1 aromatic carbocycles. The van der Waals surface area contributed by atoms with Gasteiger partial charge in [-0.2, -0.15) is 5.10 Å². The Kier molecular flexibility index (Phi) is 6.66. The minimum atomic E-state index is -0.459. The molecule has 3 rings (SSSR count). The highest BCUT2D eigenvalue weighted by molar-refractivity contribution is 5.96. The van der Waals surface area contributed by atoms with Crippen LogP contribution in [0.2, 0.25) is 0 Å². The smallest absolute Gasteiger partial charge is 0.241 e. The van der Waals surface area contributed by atoms with Gasteiger partial charge in [0, 0.05) is 13.1 Å². The zero-order valence-electron chi connectivity index (χ0n) is 17.5. The highest BCUT2D eigenvalue weighted by Gasteiger charge is 2.25.